The smallest absolute Gasteiger partial charge is 0.410 e. The van der Waals surface area contributed by atoms with Crippen molar-refractivity contribution in [3.63, 3.8) is 0 Å². The minimum atomic E-state index is -1.25. The number of ether oxygens (including phenoxy) is 2. The normalized spacial score (nSPS) is 16.0. The van der Waals surface area contributed by atoms with Crippen molar-refractivity contribution in [2.75, 3.05) is 45.3 Å². The van der Waals surface area contributed by atoms with Gasteiger partial charge in [-0.2, -0.15) is 5.10 Å². The van der Waals surface area contributed by atoms with Gasteiger partial charge in [-0.15, -0.1) is 0 Å². The summed E-state index contributed by atoms with van der Waals surface area (Å²) in [7, 11) is 3.10. The number of methoxy groups -OCH3 is 1. The molecule has 3 aromatic carbocycles. The number of amides is 8. The van der Waals surface area contributed by atoms with Gasteiger partial charge >= 0.3 is 12.1 Å². The van der Waals surface area contributed by atoms with Gasteiger partial charge in [0, 0.05) is 100 Å². The Morgan fingerprint density at radius 1 is 0.932 bits per heavy atom. The van der Waals surface area contributed by atoms with Gasteiger partial charge in [-0.05, 0) is 124 Å². The molecule has 88 heavy (non-hydrogen) atoms. The van der Waals surface area contributed by atoms with E-state index in [-0.39, 0.29) is 122 Å². The first kappa shape index (κ1) is 67.1. The van der Waals surface area contributed by atoms with Crippen LogP contribution in [0.3, 0.4) is 0 Å². The van der Waals surface area contributed by atoms with Crippen molar-refractivity contribution >= 4 is 64.7 Å². The number of imidazole rings is 1. The van der Waals surface area contributed by atoms with Crippen molar-refractivity contribution in [2.45, 2.75) is 123 Å². The number of rotatable bonds is 30. The molecule has 0 aliphatic carbocycles. The predicted octanol–water partition coefficient (Wildman–Crippen LogP) is 8.77. The number of hydrogen-bond acceptors (Lipinski definition) is 12. The highest BCUT2D eigenvalue weighted by Gasteiger charge is 2.46. The summed E-state index contributed by atoms with van der Waals surface area (Å²) in [6.45, 7) is 7.99. The van der Waals surface area contributed by atoms with E-state index in [1.807, 2.05) is 0 Å². The molecule has 4 heterocycles. The van der Waals surface area contributed by atoms with Crippen molar-refractivity contribution < 1.29 is 61.0 Å². The molecule has 0 bridgehead atoms. The second-order valence-electron chi connectivity index (χ2n) is 23.2. The van der Waals surface area contributed by atoms with E-state index in [9.17, 15) is 38.0 Å². The van der Waals surface area contributed by atoms with Crippen LogP contribution in [0.4, 0.5) is 28.4 Å². The molecular formula is C63H77ClF3N11O10. The molecule has 21 nitrogen and oxygen atoms in total. The van der Waals surface area contributed by atoms with Gasteiger partial charge in [-0.1, -0.05) is 56.1 Å². The number of carbonyl (C=O) groups is 8. The van der Waals surface area contributed by atoms with Crippen LogP contribution in [0, 0.1) is 36.3 Å². The molecule has 472 valence electrons. The van der Waals surface area contributed by atoms with Crippen molar-refractivity contribution in [1.29, 1.82) is 0 Å². The van der Waals surface area contributed by atoms with Crippen molar-refractivity contribution in [3.05, 3.63) is 136 Å². The number of nitrogens with zero attached hydrogens (tertiary/aromatic N) is 7. The number of benzene rings is 3. The van der Waals surface area contributed by atoms with Crippen LogP contribution in [0.5, 0.6) is 0 Å². The number of Topliss-reactive ketones (excluding diaryl/α,β-unsaturated/α-hetero) is 1. The van der Waals surface area contributed by atoms with Crippen LogP contribution in [0.25, 0.3) is 11.3 Å². The zero-order chi connectivity index (χ0) is 64.0. The van der Waals surface area contributed by atoms with E-state index in [4.69, 9.17) is 31.8 Å². The standard InChI is InChI=1S/C63H77ClF3N11O10/c1-38(2)56(72-53(80)16-9-8-10-26-76-54(81)23-24-55(76)82)52(79)30-43(14-12-25-69-61(68)85)59(83)70-46-20-17-40(18-21-46)37-88-62(86)77-34-42(29-47(77)32-65)35-78(60(84)51-27-39(3)73-74(51)6)57(63(4,5)87-7)58-71-50(48-31-44(64)19-22-49(48)67)36-75(58)33-41-13-11-15-45(66)28-41/h11,13,15,17-24,27-28,31,36,38,42-43,47,56-57H,8-10,12,14,16,25-26,29-30,32-35,37H2,1-7H3,(H,70,83)(H,72,80)(H3,68,69,85)/t42-,43+,47-,56-,57-/m0/s1. The fraction of sp³-hybridized carbons (Fsp3) is 0.460. The first-order valence-electron chi connectivity index (χ1n) is 29.3. The average molecular weight is 1240 g/mol. The van der Waals surface area contributed by atoms with Crippen molar-refractivity contribution in [2.24, 2.45) is 30.5 Å². The Morgan fingerprint density at radius 2 is 1.66 bits per heavy atom. The molecule has 0 radical (unpaired) electrons. The number of unbranched alkanes of at least 4 members (excludes halogenated alkanes) is 2. The molecule has 2 aromatic heterocycles. The van der Waals surface area contributed by atoms with Gasteiger partial charge in [0.15, 0.2) is 5.78 Å². The summed E-state index contributed by atoms with van der Waals surface area (Å²) in [5.74, 6) is -5.05. The maximum atomic E-state index is 15.6. The molecule has 0 saturated carbocycles. The number of imide groups is 1. The number of nitrogens with one attached hydrogen (secondary N) is 3. The maximum absolute atomic E-state index is 15.6. The van der Waals surface area contributed by atoms with Crippen LogP contribution in [0.15, 0.2) is 91.1 Å². The summed E-state index contributed by atoms with van der Waals surface area (Å²) in [5.41, 5.74) is 6.44. The van der Waals surface area contributed by atoms with Crippen LogP contribution >= 0.6 is 11.6 Å². The zero-order valence-corrected chi connectivity index (χ0v) is 51.3. The fourth-order valence-corrected chi connectivity index (χ4v) is 11.3. The van der Waals surface area contributed by atoms with Gasteiger partial charge in [-0.25, -0.2) is 27.7 Å². The number of aryl methyl sites for hydroxylation is 2. The number of carbonyl (C=O) groups excluding carboxylic acids is 8. The third kappa shape index (κ3) is 17.7. The van der Waals surface area contributed by atoms with Gasteiger partial charge in [0.25, 0.3) is 17.7 Å². The third-order valence-electron chi connectivity index (χ3n) is 15.8. The van der Waals surface area contributed by atoms with Crippen LogP contribution in [-0.4, -0.2) is 139 Å². The van der Waals surface area contributed by atoms with Gasteiger partial charge in [0.05, 0.1) is 29.1 Å². The van der Waals surface area contributed by atoms with Crippen molar-refractivity contribution in [1.82, 2.24) is 44.7 Å². The Morgan fingerprint density at radius 3 is 2.31 bits per heavy atom. The van der Waals surface area contributed by atoms with Crippen LogP contribution in [0.1, 0.15) is 118 Å². The van der Waals surface area contributed by atoms with Crippen LogP contribution in [-0.2, 0) is 53.6 Å². The molecule has 25 heteroatoms. The topological polar surface area (TPSA) is 262 Å². The van der Waals surface area contributed by atoms with Crippen molar-refractivity contribution in [3.8, 4) is 11.3 Å². The molecule has 8 amide bonds. The number of ketones is 1. The quantitative estimate of drug-likeness (QED) is 0.0248. The molecule has 7 rings (SSSR count). The lowest BCUT2D eigenvalue weighted by molar-refractivity contribution is -0.137. The Balaban J connectivity index is 1.03. The minimum absolute atomic E-state index is 0.0247. The van der Waals surface area contributed by atoms with E-state index in [1.54, 1.807) is 99.8 Å². The lowest BCUT2D eigenvalue weighted by Crippen LogP contribution is -2.50. The minimum Gasteiger partial charge on any atom is -0.445 e. The van der Waals surface area contributed by atoms with Crippen LogP contribution in [0.2, 0.25) is 5.02 Å². The summed E-state index contributed by atoms with van der Waals surface area (Å²) in [6.07, 6.45) is 5.24. The number of primary amides is 1. The summed E-state index contributed by atoms with van der Waals surface area (Å²) in [6, 6.07) is 14.4. The SMILES string of the molecule is COC(C)(C)[C@H](c1nc(-c2cc(Cl)ccc2F)cn1Cc1cccc(F)c1)N(C[C@H]1C[C@@H](CF)N(C(=O)OCc2ccc(NC(=O)[C@H](CCCNC(N)=O)CC(=O)[C@@H](NC(=O)CCCCCN3C(=O)C=CC3=O)C(C)C)cc2)C1)C(=O)c1cc(C)nn1C. The van der Waals surface area contributed by atoms with Gasteiger partial charge < -0.3 is 45.5 Å². The first-order valence-corrected chi connectivity index (χ1v) is 29.7. The molecule has 5 atom stereocenters. The number of alkyl halides is 1. The molecule has 1 saturated heterocycles. The Labute approximate surface area is 514 Å². The average Bonchev–Trinajstić information content (AvgIpc) is 1.97. The molecular weight excluding hydrogens is 1160 g/mol. The zero-order valence-electron chi connectivity index (χ0n) is 50.5. The lowest BCUT2D eigenvalue weighted by Gasteiger charge is -2.42. The molecule has 5 N–H and O–H groups in total. The molecule has 0 spiro atoms. The second kappa shape index (κ2) is 30.5. The van der Waals surface area contributed by atoms with E-state index in [0.717, 1.165) is 4.90 Å². The number of aromatic nitrogens is 4. The highest BCUT2D eigenvalue weighted by molar-refractivity contribution is 6.30. The maximum Gasteiger partial charge on any atom is 0.410 e. The Bertz CT molecular complexity index is 3350. The number of likely N-dealkylation sites (tertiary alicyclic amines) is 1. The predicted molar refractivity (Wildman–Crippen MR) is 322 cm³/mol. The summed E-state index contributed by atoms with van der Waals surface area (Å²) < 4.78 is 60.6. The van der Waals surface area contributed by atoms with Gasteiger partial charge in [0.2, 0.25) is 11.8 Å². The van der Waals surface area contributed by atoms with Gasteiger partial charge in [0.1, 0.15) is 42.5 Å². The second-order valence-corrected chi connectivity index (χ2v) is 23.6. The highest BCUT2D eigenvalue weighted by Crippen LogP contribution is 2.40. The lowest BCUT2D eigenvalue weighted by atomic mass is 9.89. The molecule has 1 fully saturated rings. The largest absolute Gasteiger partial charge is 0.445 e. The highest BCUT2D eigenvalue weighted by atomic mass is 35.5. The van der Waals surface area contributed by atoms with Gasteiger partial charge in [-0.3, -0.25) is 38.3 Å². The van der Waals surface area contributed by atoms with E-state index >= 15 is 13.6 Å². The molecule has 2 aliphatic rings. The summed E-state index contributed by atoms with van der Waals surface area (Å²) in [4.78, 5) is 114. The monoisotopic (exact) mass is 1240 g/mol. The van der Waals surface area contributed by atoms with E-state index in [0.29, 0.717) is 48.2 Å². The molecule has 2 aliphatic heterocycles. The Hall–Kier alpha value is -8.38. The number of halogens is 4. The van der Waals surface area contributed by atoms with Crippen LogP contribution < -0.4 is 21.7 Å². The summed E-state index contributed by atoms with van der Waals surface area (Å²) in [5, 5.41) is 12.8. The third-order valence-corrected chi connectivity index (χ3v) is 16.0. The number of urea groups is 1. The molecule has 5 aromatic rings. The Kier molecular flexibility index (Phi) is 23.3. The first-order chi connectivity index (χ1) is 41.8. The fourth-order valence-electron chi connectivity index (χ4n) is 11.1. The van der Waals surface area contributed by atoms with E-state index in [1.165, 1.54) is 59.2 Å². The number of nitrogens with two attached hydrogens (primary N) is 1. The summed E-state index contributed by atoms with van der Waals surface area (Å²) >= 11 is 6.37. The number of hydrogen-bond donors (Lipinski definition) is 4. The van der Waals surface area contributed by atoms with E-state index < -0.39 is 77.8 Å². The van der Waals surface area contributed by atoms with E-state index in [2.05, 4.69) is 21.0 Å². The molecule has 0 unspecified atom stereocenters. The number of anilines is 1.